The second kappa shape index (κ2) is 14.3. The lowest BCUT2D eigenvalue weighted by Gasteiger charge is -2.21. The molecule has 1 aliphatic carbocycles. The number of rotatable bonds is 6. The maximum Gasteiger partial charge on any atom is 0.164 e. The molecule has 0 spiro atoms. The van der Waals surface area contributed by atoms with Crippen molar-refractivity contribution in [1.82, 2.24) is 19.9 Å². The van der Waals surface area contributed by atoms with E-state index >= 15 is 0 Å². The van der Waals surface area contributed by atoms with Gasteiger partial charge in [0.15, 0.2) is 17.5 Å². The Labute approximate surface area is 363 Å². The van der Waals surface area contributed by atoms with Crippen molar-refractivity contribution in [3.8, 4) is 78.7 Å². The molecule has 0 atom stereocenters. The maximum absolute atomic E-state index is 5.26. The van der Waals surface area contributed by atoms with Crippen LogP contribution in [-0.4, -0.2) is 19.9 Å². The van der Waals surface area contributed by atoms with Gasteiger partial charge in [-0.25, -0.2) is 15.0 Å². The quantitative estimate of drug-likeness (QED) is 0.168. The molecular formula is C57H38N4S. The highest BCUT2D eigenvalue weighted by Crippen LogP contribution is 2.52. The number of thiophene rings is 1. The third-order valence-electron chi connectivity index (χ3n) is 12.7. The molecule has 3 heterocycles. The Morgan fingerprint density at radius 1 is 0.371 bits per heavy atom. The minimum Gasteiger partial charge on any atom is -0.256 e. The summed E-state index contributed by atoms with van der Waals surface area (Å²) in [5, 5.41) is 3.75. The van der Waals surface area contributed by atoms with Crippen molar-refractivity contribution in [2.24, 2.45) is 0 Å². The van der Waals surface area contributed by atoms with Gasteiger partial charge in [-0.3, -0.25) is 4.98 Å². The van der Waals surface area contributed by atoms with Crippen LogP contribution in [0.1, 0.15) is 25.0 Å². The fraction of sp³-hybridized carbons (Fsp3) is 0.0526. The van der Waals surface area contributed by atoms with Crippen LogP contribution in [0.4, 0.5) is 0 Å². The molecule has 0 N–H and O–H groups in total. The molecule has 0 unspecified atom stereocenters. The van der Waals surface area contributed by atoms with Crippen molar-refractivity contribution in [2.45, 2.75) is 19.3 Å². The number of nitrogens with zero attached hydrogens (tertiary/aromatic N) is 4. The van der Waals surface area contributed by atoms with E-state index in [2.05, 4.69) is 201 Å². The van der Waals surface area contributed by atoms with E-state index in [0.717, 1.165) is 49.8 Å². The first-order chi connectivity index (χ1) is 30.5. The van der Waals surface area contributed by atoms with Crippen LogP contribution in [0.2, 0.25) is 0 Å². The monoisotopic (exact) mass is 810 g/mol. The molecule has 5 heteroatoms. The molecule has 0 fully saturated rings. The largest absolute Gasteiger partial charge is 0.256 e. The van der Waals surface area contributed by atoms with E-state index in [4.69, 9.17) is 15.0 Å². The lowest BCUT2D eigenvalue weighted by atomic mass is 9.82. The predicted molar refractivity (Wildman–Crippen MR) is 258 cm³/mol. The summed E-state index contributed by atoms with van der Waals surface area (Å²) in [7, 11) is 0. The minimum atomic E-state index is -0.145. The lowest BCUT2D eigenvalue weighted by molar-refractivity contribution is 0.660. The van der Waals surface area contributed by atoms with Gasteiger partial charge in [0.05, 0.1) is 5.52 Å². The number of hydrogen-bond donors (Lipinski definition) is 0. The number of benzene rings is 8. The highest BCUT2D eigenvalue weighted by molar-refractivity contribution is 7.26. The van der Waals surface area contributed by atoms with Crippen molar-refractivity contribution in [3.63, 3.8) is 0 Å². The van der Waals surface area contributed by atoms with Gasteiger partial charge in [-0.05, 0) is 73.8 Å². The van der Waals surface area contributed by atoms with Gasteiger partial charge in [0.2, 0.25) is 0 Å². The van der Waals surface area contributed by atoms with Crippen molar-refractivity contribution in [1.29, 1.82) is 0 Å². The fourth-order valence-electron chi connectivity index (χ4n) is 9.48. The number of hydrogen-bond acceptors (Lipinski definition) is 5. The van der Waals surface area contributed by atoms with Gasteiger partial charge in [-0.2, -0.15) is 0 Å². The smallest absolute Gasteiger partial charge is 0.164 e. The molecule has 292 valence electrons. The molecule has 0 radical (unpaired) electrons. The Kier molecular flexibility index (Phi) is 8.34. The van der Waals surface area contributed by atoms with Crippen LogP contribution in [0.5, 0.6) is 0 Å². The van der Waals surface area contributed by atoms with Gasteiger partial charge >= 0.3 is 0 Å². The Morgan fingerprint density at radius 2 is 0.887 bits per heavy atom. The summed E-state index contributed by atoms with van der Waals surface area (Å²) in [5.41, 5.74) is 15.7. The Hall–Kier alpha value is -7.60. The van der Waals surface area contributed by atoms with Crippen LogP contribution < -0.4 is 0 Å². The van der Waals surface area contributed by atoms with Crippen LogP contribution in [-0.2, 0) is 5.41 Å². The standard InChI is InChI=1S/C57H38N4S/c1-57(2)48-18-5-3-12-46(48)52-47(16-8-19-49(52)57)56-60-54(59-55(61-56)40-32-28-37(29-33-40)41-13-9-20-50-43(41)17-10-34-58-50)39-30-24-36(25-31-39)35-22-26-38(27-23-35)42-14-7-15-45-44-11-4-6-21-51(44)62-53(42)45/h3-34H,1-2H3. The van der Waals surface area contributed by atoms with Crippen LogP contribution in [0, 0.1) is 0 Å². The van der Waals surface area contributed by atoms with E-state index in [1.165, 1.54) is 53.6 Å². The Bertz CT molecular complexity index is 3520. The summed E-state index contributed by atoms with van der Waals surface area (Å²) in [6.07, 6.45) is 1.84. The number of fused-ring (bicyclic) bond motifs is 7. The summed E-state index contributed by atoms with van der Waals surface area (Å²) < 4.78 is 2.65. The molecular weight excluding hydrogens is 773 g/mol. The zero-order chi connectivity index (χ0) is 41.4. The van der Waals surface area contributed by atoms with Crippen LogP contribution in [0.25, 0.3) is 110 Å². The van der Waals surface area contributed by atoms with Gasteiger partial charge in [0.1, 0.15) is 0 Å². The van der Waals surface area contributed by atoms with Crippen molar-refractivity contribution in [3.05, 3.63) is 205 Å². The molecule has 8 aromatic carbocycles. The average molecular weight is 811 g/mol. The molecule has 0 bridgehead atoms. The summed E-state index contributed by atoms with van der Waals surface area (Å²) in [6, 6.07) is 67.1. The van der Waals surface area contributed by atoms with Gasteiger partial charge in [-0.15, -0.1) is 11.3 Å². The summed E-state index contributed by atoms with van der Waals surface area (Å²) in [5.74, 6) is 1.93. The molecule has 11 aromatic rings. The van der Waals surface area contributed by atoms with Crippen LogP contribution in [0.3, 0.4) is 0 Å². The normalized spacial score (nSPS) is 12.8. The molecule has 1 aliphatic rings. The van der Waals surface area contributed by atoms with Crippen LogP contribution in [0.15, 0.2) is 194 Å². The van der Waals surface area contributed by atoms with E-state index in [-0.39, 0.29) is 5.41 Å². The summed E-state index contributed by atoms with van der Waals surface area (Å²) in [4.78, 5) is 20.3. The van der Waals surface area contributed by atoms with E-state index in [9.17, 15) is 0 Å². The number of aromatic nitrogens is 4. The molecule has 0 saturated heterocycles. The van der Waals surface area contributed by atoms with E-state index in [0.29, 0.717) is 17.5 Å². The highest BCUT2D eigenvalue weighted by Gasteiger charge is 2.37. The fourth-order valence-corrected chi connectivity index (χ4v) is 10.7. The third-order valence-corrected chi connectivity index (χ3v) is 13.9. The van der Waals surface area contributed by atoms with Gasteiger partial charge in [-0.1, -0.05) is 184 Å². The molecule has 0 saturated carbocycles. The summed E-state index contributed by atoms with van der Waals surface area (Å²) in [6.45, 7) is 4.61. The SMILES string of the molecule is CC1(C)c2ccccc2-c2c(-c3nc(-c4ccc(-c5ccc(-c6cccc7c6sc6ccccc67)cc5)cc4)nc(-c4ccc(-c5cccc6ncccc56)cc4)n3)cccc21. The molecule has 4 nitrogen and oxygen atoms in total. The first-order valence-corrected chi connectivity index (χ1v) is 21.9. The number of pyridine rings is 1. The second-order valence-electron chi connectivity index (χ2n) is 16.6. The van der Waals surface area contributed by atoms with Gasteiger partial charge in [0, 0.05) is 53.9 Å². The predicted octanol–water partition coefficient (Wildman–Crippen LogP) is 15.1. The summed E-state index contributed by atoms with van der Waals surface area (Å²) >= 11 is 1.87. The van der Waals surface area contributed by atoms with Crippen molar-refractivity contribution < 1.29 is 0 Å². The zero-order valence-corrected chi connectivity index (χ0v) is 35.0. The van der Waals surface area contributed by atoms with Crippen molar-refractivity contribution >= 4 is 42.4 Å². The lowest BCUT2D eigenvalue weighted by Crippen LogP contribution is -2.14. The Balaban J connectivity index is 0.933. The first kappa shape index (κ1) is 36.3. The van der Waals surface area contributed by atoms with E-state index in [1.54, 1.807) is 0 Å². The van der Waals surface area contributed by atoms with E-state index < -0.39 is 0 Å². The second-order valence-corrected chi connectivity index (χ2v) is 17.6. The minimum absolute atomic E-state index is 0.145. The van der Waals surface area contributed by atoms with Crippen molar-refractivity contribution in [2.75, 3.05) is 0 Å². The van der Waals surface area contributed by atoms with Gasteiger partial charge < -0.3 is 0 Å². The van der Waals surface area contributed by atoms with Gasteiger partial charge in [0.25, 0.3) is 0 Å². The molecule has 0 amide bonds. The van der Waals surface area contributed by atoms with Crippen LogP contribution >= 0.6 is 11.3 Å². The Morgan fingerprint density at radius 3 is 1.65 bits per heavy atom. The molecule has 0 aliphatic heterocycles. The zero-order valence-electron chi connectivity index (χ0n) is 34.2. The maximum atomic E-state index is 5.26. The first-order valence-electron chi connectivity index (χ1n) is 21.0. The topological polar surface area (TPSA) is 51.6 Å². The van der Waals surface area contributed by atoms with E-state index in [1.807, 2.05) is 23.6 Å². The average Bonchev–Trinajstić information content (AvgIpc) is 3.83. The highest BCUT2D eigenvalue weighted by atomic mass is 32.1. The molecule has 3 aromatic heterocycles. The molecule has 12 rings (SSSR count). The third kappa shape index (κ3) is 5.88. The molecule has 62 heavy (non-hydrogen) atoms.